The Morgan fingerprint density at radius 1 is 0.957 bits per heavy atom. The number of benzene rings is 2. The third kappa shape index (κ3) is 5.06. The van der Waals surface area contributed by atoms with Crippen molar-refractivity contribution in [2.45, 2.75) is 16.0 Å². The SMILES string of the molecule is CSc1ccc(/C(=C(/CBr)Sc2ccccc2)C(F)(F)F)cc1. The Balaban J connectivity index is 2.49. The highest BCUT2D eigenvalue weighted by atomic mass is 79.9. The van der Waals surface area contributed by atoms with Crippen LogP contribution in [0.4, 0.5) is 13.2 Å². The monoisotopic (exact) mass is 418 g/mol. The van der Waals surface area contributed by atoms with E-state index in [2.05, 4.69) is 15.9 Å². The van der Waals surface area contributed by atoms with Crippen LogP contribution >= 0.6 is 39.5 Å². The van der Waals surface area contributed by atoms with Crippen LogP contribution in [0.25, 0.3) is 5.57 Å². The van der Waals surface area contributed by atoms with Crippen LogP contribution < -0.4 is 0 Å². The van der Waals surface area contributed by atoms with Crippen LogP contribution in [0.2, 0.25) is 0 Å². The lowest BCUT2D eigenvalue weighted by molar-refractivity contribution is -0.0691. The Kier molecular flexibility index (Phi) is 6.68. The van der Waals surface area contributed by atoms with E-state index >= 15 is 0 Å². The van der Waals surface area contributed by atoms with Crippen molar-refractivity contribution >= 4 is 45.0 Å². The summed E-state index contributed by atoms with van der Waals surface area (Å²) >= 11 is 5.85. The van der Waals surface area contributed by atoms with Crippen molar-refractivity contribution in [1.82, 2.24) is 0 Å². The van der Waals surface area contributed by atoms with E-state index < -0.39 is 11.7 Å². The van der Waals surface area contributed by atoms with E-state index in [0.29, 0.717) is 0 Å². The Morgan fingerprint density at radius 3 is 2.04 bits per heavy atom. The molecule has 0 aliphatic heterocycles. The van der Waals surface area contributed by atoms with Crippen molar-refractivity contribution in [2.75, 3.05) is 11.6 Å². The first-order chi connectivity index (χ1) is 11.0. The second-order valence-corrected chi connectivity index (χ2v) is 7.18. The molecule has 0 atom stereocenters. The molecule has 122 valence electrons. The number of halogens is 4. The number of thioether (sulfide) groups is 2. The highest BCUT2D eigenvalue weighted by Crippen LogP contribution is 2.43. The van der Waals surface area contributed by atoms with Crippen LogP contribution in [-0.2, 0) is 0 Å². The molecule has 0 aliphatic carbocycles. The molecule has 0 radical (unpaired) electrons. The van der Waals surface area contributed by atoms with Crippen molar-refractivity contribution in [3.63, 3.8) is 0 Å². The zero-order valence-electron chi connectivity index (χ0n) is 12.2. The molecule has 0 fully saturated rings. The molecule has 6 heteroatoms. The molecule has 0 N–H and O–H groups in total. The molecule has 0 amide bonds. The summed E-state index contributed by atoms with van der Waals surface area (Å²) in [5.41, 5.74) is -0.399. The fourth-order valence-corrected chi connectivity index (χ4v) is 4.02. The Bertz CT molecular complexity index is 664. The van der Waals surface area contributed by atoms with Gasteiger partial charge in [0, 0.05) is 20.0 Å². The number of alkyl halides is 4. The lowest BCUT2D eigenvalue weighted by Crippen LogP contribution is -2.13. The number of hydrogen-bond donors (Lipinski definition) is 0. The minimum absolute atomic E-state index is 0.145. The molecule has 2 aromatic carbocycles. The van der Waals surface area contributed by atoms with E-state index in [1.54, 1.807) is 24.3 Å². The number of rotatable bonds is 5. The van der Waals surface area contributed by atoms with Gasteiger partial charge in [-0.3, -0.25) is 0 Å². The predicted molar refractivity (Wildman–Crippen MR) is 97.3 cm³/mol. The lowest BCUT2D eigenvalue weighted by Gasteiger charge is -2.17. The molecule has 0 saturated heterocycles. The van der Waals surface area contributed by atoms with Crippen LogP contribution in [0.3, 0.4) is 0 Å². The van der Waals surface area contributed by atoms with Gasteiger partial charge in [-0.15, -0.1) is 11.8 Å². The van der Waals surface area contributed by atoms with Gasteiger partial charge in [0.25, 0.3) is 0 Å². The number of allylic oxidation sites excluding steroid dienone is 2. The summed E-state index contributed by atoms with van der Waals surface area (Å²) in [5.74, 6) is 0. The summed E-state index contributed by atoms with van der Waals surface area (Å²) in [6, 6.07) is 15.6. The van der Waals surface area contributed by atoms with Crippen molar-refractivity contribution in [1.29, 1.82) is 0 Å². The third-order valence-corrected chi connectivity index (χ3v) is 5.82. The van der Waals surface area contributed by atoms with Crippen LogP contribution in [0, 0.1) is 0 Å². The summed E-state index contributed by atoms with van der Waals surface area (Å²) in [4.78, 5) is 1.97. The molecule has 0 spiro atoms. The fourth-order valence-electron chi connectivity index (χ4n) is 2.02. The average Bonchev–Trinajstić information content (AvgIpc) is 2.54. The molecule has 0 aliphatic rings. The van der Waals surface area contributed by atoms with Crippen molar-refractivity contribution in [3.05, 3.63) is 65.1 Å². The van der Waals surface area contributed by atoms with Gasteiger partial charge in [-0.05, 0) is 36.1 Å². The minimum atomic E-state index is -4.41. The summed E-state index contributed by atoms with van der Waals surface area (Å²) in [5, 5.41) is 0.145. The van der Waals surface area contributed by atoms with E-state index in [1.165, 1.54) is 23.9 Å². The maximum absolute atomic E-state index is 13.6. The van der Waals surface area contributed by atoms with Crippen molar-refractivity contribution in [2.24, 2.45) is 0 Å². The molecule has 0 aromatic heterocycles. The largest absolute Gasteiger partial charge is 0.417 e. The molecule has 2 aromatic rings. The van der Waals surface area contributed by atoms with Gasteiger partial charge in [-0.2, -0.15) is 13.2 Å². The maximum Gasteiger partial charge on any atom is 0.417 e. The standard InChI is InChI=1S/C17H14BrF3S2/c1-22-13-9-7-12(8-10-13)16(17(19,20)21)15(11-18)23-14-5-3-2-4-6-14/h2-10H,11H2,1H3/b16-15+. The van der Waals surface area contributed by atoms with Gasteiger partial charge < -0.3 is 0 Å². The Hall–Kier alpha value is -0.850. The Morgan fingerprint density at radius 2 is 1.57 bits per heavy atom. The average molecular weight is 419 g/mol. The van der Waals surface area contributed by atoms with E-state index in [9.17, 15) is 13.2 Å². The van der Waals surface area contributed by atoms with Gasteiger partial charge in [-0.25, -0.2) is 0 Å². The molecule has 0 saturated carbocycles. The molecule has 0 nitrogen and oxygen atoms in total. The molecule has 0 bridgehead atoms. The first-order valence-electron chi connectivity index (χ1n) is 6.69. The molecular formula is C17H14BrF3S2. The topological polar surface area (TPSA) is 0 Å². The van der Waals surface area contributed by atoms with E-state index in [1.807, 2.05) is 24.5 Å². The smallest absolute Gasteiger partial charge is 0.166 e. The minimum Gasteiger partial charge on any atom is -0.166 e. The van der Waals surface area contributed by atoms with Crippen molar-refractivity contribution < 1.29 is 13.2 Å². The Labute approximate surface area is 150 Å². The zero-order chi connectivity index (χ0) is 16.9. The molecule has 0 heterocycles. The lowest BCUT2D eigenvalue weighted by atomic mass is 10.1. The van der Waals surface area contributed by atoms with Gasteiger partial charge in [0.2, 0.25) is 0 Å². The highest BCUT2D eigenvalue weighted by Gasteiger charge is 2.37. The second-order valence-electron chi connectivity index (χ2n) is 4.57. The van der Waals surface area contributed by atoms with Gasteiger partial charge in [0.1, 0.15) is 0 Å². The summed E-state index contributed by atoms with van der Waals surface area (Å²) in [6.07, 6.45) is -2.52. The zero-order valence-corrected chi connectivity index (χ0v) is 15.5. The molecule has 23 heavy (non-hydrogen) atoms. The van der Waals surface area contributed by atoms with E-state index in [0.717, 1.165) is 21.6 Å². The van der Waals surface area contributed by atoms with Crippen molar-refractivity contribution in [3.8, 4) is 0 Å². The van der Waals surface area contributed by atoms with Crippen LogP contribution in [0.1, 0.15) is 5.56 Å². The van der Waals surface area contributed by atoms with Crippen LogP contribution in [-0.4, -0.2) is 17.8 Å². The maximum atomic E-state index is 13.6. The molecule has 2 rings (SSSR count). The summed E-state index contributed by atoms with van der Waals surface area (Å²) in [7, 11) is 0. The first-order valence-corrected chi connectivity index (χ1v) is 9.85. The fraction of sp³-hybridized carbons (Fsp3) is 0.176. The second kappa shape index (κ2) is 8.31. The molecule has 0 unspecified atom stereocenters. The number of hydrogen-bond acceptors (Lipinski definition) is 2. The van der Waals surface area contributed by atoms with Gasteiger partial charge in [0.05, 0.1) is 5.57 Å². The normalized spacial score (nSPS) is 12.9. The quantitative estimate of drug-likeness (QED) is 0.383. The summed E-state index contributed by atoms with van der Waals surface area (Å²) in [6.45, 7) is 0. The van der Waals surface area contributed by atoms with Crippen LogP contribution in [0.5, 0.6) is 0 Å². The van der Waals surface area contributed by atoms with Crippen LogP contribution in [0.15, 0.2) is 69.3 Å². The van der Waals surface area contributed by atoms with Gasteiger partial charge in [-0.1, -0.05) is 58.0 Å². The van der Waals surface area contributed by atoms with Gasteiger partial charge >= 0.3 is 6.18 Å². The van der Waals surface area contributed by atoms with E-state index in [4.69, 9.17) is 0 Å². The predicted octanol–water partition coefficient (Wildman–Crippen LogP) is 6.87. The van der Waals surface area contributed by atoms with Gasteiger partial charge in [0.15, 0.2) is 0 Å². The van der Waals surface area contributed by atoms with E-state index in [-0.39, 0.29) is 15.8 Å². The third-order valence-electron chi connectivity index (χ3n) is 3.05. The highest BCUT2D eigenvalue weighted by molar-refractivity contribution is 9.09. The molecular weight excluding hydrogens is 405 g/mol. The summed E-state index contributed by atoms with van der Waals surface area (Å²) < 4.78 is 40.9. The first kappa shape index (κ1) is 18.5.